The Labute approximate surface area is 227 Å². The zero-order valence-electron chi connectivity index (χ0n) is 21.9. The zero-order valence-corrected chi connectivity index (χ0v) is 22.7. The van der Waals surface area contributed by atoms with Crippen molar-refractivity contribution in [1.82, 2.24) is 4.90 Å². The van der Waals surface area contributed by atoms with Crippen LogP contribution in [0, 0.1) is 31.6 Å². The molecule has 3 heterocycles. The lowest BCUT2D eigenvalue weighted by atomic mass is 9.66. The maximum Gasteiger partial charge on any atom is 0.308 e. The Hall–Kier alpha value is -3.10. The van der Waals surface area contributed by atoms with Gasteiger partial charge in [-0.15, -0.1) is 18.3 Å². The molecule has 2 N–H and O–H groups in total. The number of para-hydroxylation sites is 1. The smallest absolute Gasteiger partial charge is 0.308 e. The number of aliphatic carboxylic acids is 1. The summed E-state index contributed by atoms with van der Waals surface area (Å²) >= 11 is 1.50. The van der Waals surface area contributed by atoms with E-state index in [4.69, 9.17) is 0 Å². The van der Waals surface area contributed by atoms with E-state index in [2.05, 4.69) is 6.58 Å². The van der Waals surface area contributed by atoms with E-state index >= 15 is 0 Å². The van der Waals surface area contributed by atoms with Gasteiger partial charge in [0.15, 0.2) is 0 Å². The maximum absolute atomic E-state index is 14.8. The number of thioether (sulfide) groups is 1. The second kappa shape index (κ2) is 9.89. The quantitative estimate of drug-likeness (QED) is 0.498. The number of aryl methyl sites for hydroxylation is 2. The number of benzene rings is 2. The molecule has 3 unspecified atom stereocenters. The van der Waals surface area contributed by atoms with Gasteiger partial charge in [-0.1, -0.05) is 61.5 Å². The van der Waals surface area contributed by atoms with Crippen molar-refractivity contribution in [2.45, 2.75) is 49.3 Å². The van der Waals surface area contributed by atoms with Crippen molar-refractivity contribution in [2.75, 3.05) is 18.1 Å². The normalized spacial score (nSPS) is 30.3. The molecule has 38 heavy (non-hydrogen) atoms. The highest BCUT2D eigenvalue weighted by Gasteiger charge is 2.77. The van der Waals surface area contributed by atoms with Gasteiger partial charge in [0.2, 0.25) is 5.91 Å². The molecular weight excluding hydrogens is 500 g/mol. The van der Waals surface area contributed by atoms with Gasteiger partial charge in [-0.25, -0.2) is 0 Å². The lowest BCUT2D eigenvalue weighted by Crippen LogP contribution is -2.58. The number of carbonyl (C=O) groups is 3. The molecule has 2 amide bonds. The minimum Gasteiger partial charge on any atom is -0.481 e. The fraction of sp³-hybridized carbons (Fsp3) is 0.433. The van der Waals surface area contributed by atoms with Gasteiger partial charge in [-0.2, -0.15) is 0 Å². The first-order valence-electron chi connectivity index (χ1n) is 13.1. The lowest BCUT2D eigenvalue weighted by molar-refractivity contribution is -0.149. The number of hydrogen-bond donors (Lipinski definition) is 2. The van der Waals surface area contributed by atoms with Gasteiger partial charge >= 0.3 is 5.97 Å². The first kappa shape index (κ1) is 26.5. The van der Waals surface area contributed by atoms with E-state index in [1.165, 1.54) is 16.7 Å². The lowest BCUT2D eigenvalue weighted by Gasteiger charge is -2.42. The van der Waals surface area contributed by atoms with Crippen LogP contribution < -0.4 is 4.90 Å². The monoisotopic (exact) mass is 534 g/mol. The number of hydrogen-bond acceptors (Lipinski definition) is 5. The molecule has 1 spiro atoms. The van der Waals surface area contributed by atoms with Crippen LogP contribution in [-0.4, -0.2) is 62.1 Å². The summed E-state index contributed by atoms with van der Waals surface area (Å²) in [5.41, 5.74) is 3.32. The minimum atomic E-state index is -0.999. The molecule has 3 fully saturated rings. The molecule has 3 aliphatic heterocycles. The fourth-order valence-corrected chi connectivity index (χ4v) is 9.58. The SMILES string of the molecule is C=CCN(C(=O)C1N([C@H](CO)c2ccccc2)C(=O)[C@@H]2[C@@H](C(=O)O)[C@H]3CC(C)C12S3)c1c(C)cccc1C. The molecule has 0 radical (unpaired) electrons. The minimum absolute atomic E-state index is 0.0559. The van der Waals surface area contributed by atoms with E-state index in [0.29, 0.717) is 12.0 Å². The van der Waals surface area contributed by atoms with Crippen LogP contribution in [-0.2, 0) is 14.4 Å². The van der Waals surface area contributed by atoms with Gasteiger partial charge in [-0.3, -0.25) is 14.4 Å². The third kappa shape index (κ3) is 3.72. The van der Waals surface area contributed by atoms with Gasteiger partial charge in [-0.05, 0) is 42.9 Å². The summed E-state index contributed by atoms with van der Waals surface area (Å²) in [6, 6.07) is 13.3. The molecular formula is C30H34N2O5S. The molecule has 7 atom stereocenters. The molecule has 0 aliphatic carbocycles. The van der Waals surface area contributed by atoms with E-state index in [1.807, 2.05) is 69.3 Å². The highest BCUT2D eigenvalue weighted by Crippen LogP contribution is 2.69. The first-order chi connectivity index (χ1) is 18.2. The van der Waals surface area contributed by atoms with Crippen molar-refractivity contribution < 1.29 is 24.6 Å². The van der Waals surface area contributed by atoms with E-state index in [0.717, 1.165) is 16.8 Å². The van der Waals surface area contributed by atoms with Crippen LogP contribution in [0.3, 0.4) is 0 Å². The molecule has 3 aliphatic rings. The Morgan fingerprint density at radius 2 is 1.84 bits per heavy atom. The van der Waals surface area contributed by atoms with Crippen molar-refractivity contribution in [2.24, 2.45) is 17.8 Å². The van der Waals surface area contributed by atoms with Gasteiger partial charge in [0.25, 0.3) is 5.91 Å². The Balaban J connectivity index is 1.71. The number of amides is 2. The molecule has 7 nitrogen and oxygen atoms in total. The molecule has 2 bridgehead atoms. The van der Waals surface area contributed by atoms with Gasteiger partial charge in [0.1, 0.15) is 6.04 Å². The number of likely N-dealkylation sites (tertiary alicyclic amines) is 1. The van der Waals surface area contributed by atoms with E-state index in [9.17, 15) is 24.6 Å². The molecule has 0 saturated carbocycles. The Bertz CT molecular complexity index is 1260. The second-order valence-corrected chi connectivity index (χ2v) is 12.3. The Morgan fingerprint density at radius 3 is 2.42 bits per heavy atom. The van der Waals surface area contributed by atoms with Crippen LogP contribution in [0.2, 0.25) is 0 Å². The summed E-state index contributed by atoms with van der Waals surface area (Å²) in [7, 11) is 0. The van der Waals surface area contributed by atoms with Crippen LogP contribution in [0.1, 0.15) is 36.1 Å². The summed E-state index contributed by atoms with van der Waals surface area (Å²) in [5, 5.41) is 20.6. The van der Waals surface area contributed by atoms with Gasteiger partial charge in [0, 0.05) is 17.5 Å². The van der Waals surface area contributed by atoms with Crippen LogP contribution in [0.15, 0.2) is 61.2 Å². The highest BCUT2D eigenvalue weighted by molar-refractivity contribution is 8.02. The first-order valence-corrected chi connectivity index (χ1v) is 13.9. The van der Waals surface area contributed by atoms with Crippen molar-refractivity contribution in [3.8, 4) is 0 Å². The van der Waals surface area contributed by atoms with E-state index in [1.54, 1.807) is 11.0 Å². The van der Waals surface area contributed by atoms with E-state index in [-0.39, 0.29) is 36.1 Å². The Kier molecular flexibility index (Phi) is 6.90. The highest BCUT2D eigenvalue weighted by atomic mass is 32.2. The summed E-state index contributed by atoms with van der Waals surface area (Å²) in [5.74, 6) is -3.39. The van der Waals surface area contributed by atoms with Crippen LogP contribution in [0.25, 0.3) is 0 Å². The summed E-state index contributed by atoms with van der Waals surface area (Å²) < 4.78 is -0.903. The number of carboxylic acids is 1. The number of aliphatic hydroxyl groups is 1. The third-order valence-corrected chi connectivity index (χ3v) is 10.8. The third-order valence-electron chi connectivity index (χ3n) is 8.68. The number of carboxylic acid groups (broad SMARTS) is 1. The number of aliphatic hydroxyl groups excluding tert-OH is 1. The largest absolute Gasteiger partial charge is 0.481 e. The van der Waals surface area contributed by atoms with Crippen LogP contribution >= 0.6 is 11.8 Å². The molecule has 200 valence electrons. The molecule has 2 aromatic rings. The number of carbonyl (C=O) groups excluding carboxylic acids is 2. The van der Waals surface area contributed by atoms with Crippen molar-refractivity contribution >= 4 is 35.2 Å². The van der Waals surface area contributed by atoms with Gasteiger partial charge in [0.05, 0.1) is 29.2 Å². The number of anilines is 1. The van der Waals surface area contributed by atoms with Crippen LogP contribution in [0.5, 0.6) is 0 Å². The molecule has 2 aromatic carbocycles. The van der Waals surface area contributed by atoms with Crippen molar-refractivity contribution in [3.05, 3.63) is 77.9 Å². The number of nitrogens with zero attached hydrogens (tertiary/aromatic N) is 2. The standard InChI is InChI=1S/C30H34N2O5S/c1-5-14-31(25-17(2)10-9-11-18(25)3)28(35)26-30-19(4)15-22(38-30)23(29(36)37)24(30)27(34)32(26)21(16-33)20-12-7-6-8-13-20/h5-13,19,21-24,26,33H,1,14-16H2,2-4H3,(H,36,37)/t19?,21-,22-,23+,24+,26?,30?/m1/s1. The summed E-state index contributed by atoms with van der Waals surface area (Å²) in [4.78, 5) is 44.8. The van der Waals surface area contributed by atoms with Crippen molar-refractivity contribution in [3.63, 3.8) is 0 Å². The zero-order chi connectivity index (χ0) is 27.4. The fourth-order valence-electron chi connectivity index (χ4n) is 7.19. The predicted octanol–water partition coefficient (Wildman–Crippen LogP) is 3.98. The number of fused-ring (bicyclic) bond motifs is 1. The number of rotatable bonds is 8. The summed E-state index contributed by atoms with van der Waals surface area (Å²) in [6.07, 6.45) is 2.30. The molecule has 0 aromatic heterocycles. The van der Waals surface area contributed by atoms with Crippen molar-refractivity contribution in [1.29, 1.82) is 0 Å². The van der Waals surface area contributed by atoms with E-state index < -0.39 is 34.6 Å². The topological polar surface area (TPSA) is 98.2 Å². The summed E-state index contributed by atoms with van der Waals surface area (Å²) in [6.45, 7) is 9.68. The molecule has 3 saturated heterocycles. The van der Waals surface area contributed by atoms with Gasteiger partial charge < -0.3 is 20.0 Å². The molecule has 5 rings (SSSR count). The second-order valence-electron chi connectivity index (χ2n) is 10.7. The van der Waals surface area contributed by atoms with Crippen LogP contribution in [0.4, 0.5) is 5.69 Å². The molecule has 8 heteroatoms. The Morgan fingerprint density at radius 1 is 1.18 bits per heavy atom. The maximum atomic E-state index is 14.8. The average Bonchev–Trinajstić information content (AvgIpc) is 3.48. The predicted molar refractivity (Wildman–Crippen MR) is 148 cm³/mol. The average molecular weight is 535 g/mol.